The molecule has 19 heavy (non-hydrogen) atoms. The summed E-state index contributed by atoms with van der Waals surface area (Å²) in [6, 6.07) is 19.8. The van der Waals surface area contributed by atoms with E-state index in [4.69, 9.17) is 11.6 Å². The van der Waals surface area contributed by atoms with Crippen LogP contribution in [0.3, 0.4) is 0 Å². The third-order valence-electron chi connectivity index (χ3n) is 3.24. The molecule has 0 aliphatic carbocycles. The van der Waals surface area contributed by atoms with E-state index in [1.54, 1.807) is 12.1 Å². The first-order chi connectivity index (χ1) is 9.28. The first-order valence-corrected chi connectivity index (χ1v) is 6.68. The summed E-state index contributed by atoms with van der Waals surface area (Å²) < 4.78 is 0. The Bertz CT molecular complexity index is 720. The summed E-state index contributed by atoms with van der Waals surface area (Å²) in [6.45, 7) is 0. The van der Waals surface area contributed by atoms with Crippen LogP contribution >= 0.6 is 11.6 Å². The summed E-state index contributed by atoms with van der Waals surface area (Å²) in [5.41, 5.74) is 3.36. The maximum Gasteiger partial charge on any atom is 0.116 e. The molecule has 0 unspecified atom stereocenters. The molecule has 2 heteroatoms. The van der Waals surface area contributed by atoms with E-state index in [1.165, 1.54) is 0 Å². The van der Waals surface area contributed by atoms with Gasteiger partial charge in [-0.15, -0.1) is 11.6 Å². The first kappa shape index (κ1) is 12.1. The van der Waals surface area contributed by atoms with Gasteiger partial charge in [-0.05, 0) is 51.7 Å². The van der Waals surface area contributed by atoms with Crippen molar-refractivity contribution in [2.24, 2.45) is 0 Å². The van der Waals surface area contributed by atoms with Crippen molar-refractivity contribution in [1.82, 2.24) is 0 Å². The standard InChI is InChI=1S/C17H13ClO/c18-11-12-8-14-10-15(19)6-7-16(14)17(9-12)13-4-2-1-3-5-13/h1-10,19H,11H2. The highest BCUT2D eigenvalue weighted by Crippen LogP contribution is 2.32. The zero-order valence-electron chi connectivity index (χ0n) is 10.3. The van der Waals surface area contributed by atoms with Crippen LogP contribution in [0.1, 0.15) is 5.56 Å². The van der Waals surface area contributed by atoms with Crippen LogP contribution in [0.2, 0.25) is 0 Å². The molecule has 0 saturated heterocycles. The van der Waals surface area contributed by atoms with E-state index in [-0.39, 0.29) is 5.75 Å². The molecule has 0 radical (unpaired) electrons. The molecular formula is C17H13ClO. The molecule has 0 bridgehead atoms. The van der Waals surface area contributed by atoms with Gasteiger partial charge in [0.05, 0.1) is 0 Å². The fraction of sp³-hybridized carbons (Fsp3) is 0.0588. The fourth-order valence-electron chi connectivity index (χ4n) is 2.35. The number of phenolic OH excluding ortho intramolecular Hbond substituents is 1. The lowest BCUT2D eigenvalue weighted by atomic mass is 9.96. The van der Waals surface area contributed by atoms with Gasteiger partial charge in [0.25, 0.3) is 0 Å². The van der Waals surface area contributed by atoms with Crippen LogP contribution in [-0.2, 0) is 5.88 Å². The molecule has 0 fully saturated rings. The summed E-state index contributed by atoms with van der Waals surface area (Å²) in [7, 11) is 0. The van der Waals surface area contributed by atoms with E-state index in [0.717, 1.165) is 27.5 Å². The minimum atomic E-state index is 0.276. The van der Waals surface area contributed by atoms with Crippen LogP contribution in [-0.4, -0.2) is 5.11 Å². The number of hydrogen-bond donors (Lipinski definition) is 1. The van der Waals surface area contributed by atoms with Gasteiger partial charge >= 0.3 is 0 Å². The number of benzene rings is 3. The molecule has 3 aromatic carbocycles. The smallest absolute Gasteiger partial charge is 0.116 e. The van der Waals surface area contributed by atoms with Crippen molar-refractivity contribution in [3.05, 3.63) is 66.2 Å². The van der Waals surface area contributed by atoms with Gasteiger partial charge in [0.1, 0.15) is 5.75 Å². The number of phenols is 1. The predicted octanol–water partition coefficient (Wildman–Crippen LogP) is 4.95. The van der Waals surface area contributed by atoms with E-state index >= 15 is 0 Å². The van der Waals surface area contributed by atoms with Gasteiger partial charge in [0, 0.05) is 5.88 Å². The minimum Gasteiger partial charge on any atom is -0.508 e. The van der Waals surface area contributed by atoms with Crippen LogP contribution in [0.15, 0.2) is 60.7 Å². The molecule has 3 aromatic rings. The van der Waals surface area contributed by atoms with E-state index in [1.807, 2.05) is 30.3 Å². The molecule has 0 saturated carbocycles. The molecule has 1 N–H and O–H groups in total. The summed E-state index contributed by atoms with van der Waals surface area (Å²) in [4.78, 5) is 0. The van der Waals surface area contributed by atoms with Crippen molar-refractivity contribution in [2.75, 3.05) is 0 Å². The average molecular weight is 269 g/mol. The van der Waals surface area contributed by atoms with Gasteiger partial charge in [0.15, 0.2) is 0 Å². The Morgan fingerprint density at radius 1 is 0.895 bits per heavy atom. The van der Waals surface area contributed by atoms with E-state index < -0.39 is 0 Å². The van der Waals surface area contributed by atoms with E-state index in [0.29, 0.717) is 5.88 Å². The van der Waals surface area contributed by atoms with Gasteiger partial charge in [-0.2, -0.15) is 0 Å². The lowest BCUT2D eigenvalue weighted by Gasteiger charge is -2.10. The molecule has 0 aliphatic heterocycles. The second-order valence-corrected chi connectivity index (χ2v) is 4.82. The fourth-order valence-corrected chi connectivity index (χ4v) is 2.51. The molecular weight excluding hydrogens is 256 g/mol. The Kier molecular flexibility index (Phi) is 3.14. The van der Waals surface area contributed by atoms with Crippen LogP contribution < -0.4 is 0 Å². The first-order valence-electron chi connectivity index (χ1n) is 6.15. The predicted molar refractivity (Wildman–Crippen MR) is 80.6 cm³/mol. The zero-order chi connectivity index (χ0) is 13.2. The van der Waals surface area contributed by atoms with Gasteiger partial charge < -0.3 is 5.11 Å². The van der Waals surface area contributed by atoms with Crippen molar-refractivity contribution in [2.45, 2.75) is 5.88 Å². The van der Waals surface area contributed by atoms with E-state index in [9.17, 15) is 5.11 Å². The average Bonchev–Trinajstić information content (AvgIpc) is 2.46. The lowest BCUT2D eigenvalue weighted by Crippen LogP contribution is -1.86. The third kappa shape index (κ3) is 2.29. The van der Waals surface area contributed by atoms with Crippen molar-refractivity contribution in [3.63, 3.8) is 0 Å². The molecule has 0 aliphatic rings. The number of fused-ring (bicyclic) bond motifs is 1. The molecule has 0 spiro atoms. The lowest BCUT2D eigenvalue weighted by molar-refractivity contribution is 0.476. The minimum absolute atomic E-state index is 0.276. The van der Waals surface area contributed by atoms with Crippen molar-refractivity contribution in [3.8, 4) is 16.9 Å². The van der Waals surface area contributed by atoms with Crippen LogP contribution in [0.25, 0.3) is 21.9 Å². The SMILES string of the molecule is Oc1ccc2c(-c3ccccc3)cc(CCl)cc2c1. The van der Waals surface area contributed by atoms with Gasteiger partial charge in [-0.1, -0.05) is 36.4 Å². The third-order valence-corrected chi connectivity index (χ3v) is 3.54. The van der Waals surface area contributed by atoms with Crippen molar-refractivity contribution >= 4 is 22.4 Å². The summed E-state index contributed by atoms with van der Waals surface area (Å²) in [5, 5.41) is 11.8. The normalized spacial score (nSPS) is 10.8. The van der Waals surface area contributed by atoms with Crippen molar-refractivity contribution < 1.29 is 5.11 Å². The van der Waals surface area contributed by atoms with Crippen LogP contribution in [0.4, 0.5) is 0 Å². The molecule has 0 heterocycles. The largest absolute Gasteiger partial charge is 0.508 e. The molecule has 1 nitrogen and oxygen atoms in total. The maximum absolute atomic E-state index is 9.62. The zero-order valence-corrected chi connectivity index (χ0v) is 11.1. The number of aromatic hydroxyl groups is 1. The second-order valence-electron chi connectivity index (χ2n) is 4.55. The quantitative estimate of drug-likeness (QED) is 0.652. The molecule has 0 aromatic heterocycles. The highest BCUT2D eigenvalue weighted by molar-refractivity contribution is 6.17. The number of alkyl halides is 1. The second kappa shape index (κ2) is 4.94. The van der Waals surface area contributed by atoms with E-state index in [2.05, 4.69) is 18.2 Å². The highest BCUT2D eigenvalue weighted by Gasteiger charge is 2.06. The Hall–Kier alpha value is -1.99. The molecule has 0 amide bonds. The Balaban J connectivity index is 2.33. The Morgan fingerprint density at radius 2 is 1.68 bits per heavy atom. The maximum atomic E-state index is 9.62. The summed E-state index contributed by atoms with van der Waals surface area (Å²) in [6.07, 6.45) is 0. The molecule has 3 rings (SSSR count). The number of rotatable bonds is 2. The van der Waals surface area contributed by atoms with Gasteiger partial charge in [0.2, 0.25) is 0 Å². The molecule has 94 valence electrons. The molecule has 0 atom stereocenters. The highest BCUT2D eigenvalue weighted by atomic mass is 35.5. The van der Waals surface area contributed by atoms with Crippen molar-refractivity contribution in [1.29, 1.82) is 0 Å². The topological polar surface area (TPSA) is 20.2 Å². The van der Waals surface area contributed by atoms with Gasteiger partial charge in [-0.3, -0.25) is 0 Å². The summed E-state index contributed by atoms with van der Waals surface area (Å²) in [5.74, 6) is 0.740. The Morgan fingerprint density at radius 3 is 2.42 bits per heavy atom. The van der Waals surface area contributed by atoms with Gasteiger partial charge in [-0.25, -0.2) is 0 Å². The number of halogens is 1. The Labute approximate surface area is 117 Å². The monoisotopic (exact) mass is 268 g/mol. The van der Waals surface area contributed by atoms with Crippen LogP contribution in [0, 0.1) is 0 Å². The number of hydrogen-bond acceptors (Lipinski definition) is 1. The summed E-state index contributed by atoms with van der Waals surface area (Å²) >= 11 is 5.96. The van der Waals surface area contributed by atoms with Crippen LogP contribution in [0.5, 0.6) is 5.75 Å².